The quantitative estimate of drug-likeness (QED) is 0.647. The number of H-pyrrole nitrogens is 1. The number of benzene rings is 1. The van der Waals surface area contributed by atoms with Crippen molar-refractivity contribution in [2.24, 2.45) is 0 Å². The van der Waals surface area contributed by atoms with Crippen molar-refractivity contribution in [3.05, 3.63) is 65.5 Å². The fourth-order valence-electron chi connectivity index (χ4n) is 3.52. The third-order valence-corrected chi connectivity index (χ3v) is 5.24. The van der Waals surface area contributed by atoms with E-state index in [4.69, 9.17) is 9.47 Å². The van der Waals surface area contributed by atoms with E-state index >= 15 is 0 Å². The van der Waals surface area contributed by atoms with Crippen molar-refractivity contribution in [1.82, 2.24) is 25.1 Å². The van der Waals surface area contributed by atoms with Gasteiger partial charge in [0.25, 0.3) is 5.91 Å². The van der Waals surface area contributed by atoms with Crippen LogP contribution < -0.4 is 9.47 Å². The predicted molar refractivity (Wildman–Crippen MR) is 111 cm³/mol. The van der Waals surface area contributed by atoms with Gasteiger partial charge in [-0.05, 0) is 43.7 Å². The number of carbonyl (C=O) groups excluding carboxylic acids is 1. The van der Waals surface area contributed by atoms with Gasteiger partial charge >= 0.3 is 0 Å². The van der Waals surface area contributed by atoms with E-state index in [0.717, 1.165) is 41.4 Å². The Morgan fingerprint density at radius 2 is 2.00 bits per heavy atom. The molecule has 4 rings (SSSR count). The number of carbonyl (C=O) groups is 1. The number of hydrogen-bond acceptors (Lipinski definition) is 6. The van der Waals surface area contributed by atoms with Gasteiger partial charge in [-0.3, -0.25) is 14.9 Å². The topological polar surface area (TPSA) is 93.2 Å². The summed E-state index contributed by atoms with van der Waals surface area (Å²) < 4.78 is 10.9. The van der Waals surface area contributed by atoms with E-state index in [9.17, 15) is 4.79 Å². The fraction of sp³-hybridized carbons (Fsp3) is 0.364. The minimum Gasteiger partial charge on any atom is -0.497 e. The Morgan fingerprint density at radius 1 is 1.20 bits per heavy atom. The van der Waals surface area contributed by atoms with Crippen molar-refractivity contribution in [2.75, 3.05) is 26.8 Å². The standard InChI is InChI=1S/C22H25N5O3/c1-15-12-24-21(13-23-15)22(28)27-9-7-16(14-27)20-11-17(25-26-20)8-10-30-19-5-3-18(29-2)4-6-19/h3-6,11-13,16H,7-10,14H2,1-2H3,(H,25,26)/t16-/m0/s1. The molecule has 1 fully saturated rings. The lowest BCUT2D eigenvalue weighted by Crippen LogP contribution is -2.29. The molecule has 3 heterocycles. The van der Waals surface area contributed by atoms with Crippen LogP contribution in [0.15, 0.2) is 42.7 Å². The Balaban J connectivity index is 1.28. The van der Waals surface area contributed by atoms with Crippen molar-refractivity contribution >= 4 is 5.91 Å². The lowest BCUT2D eigenvalue weighted by Gasteiger charge is -2.15. The number of nitrogens with one attached hydrogen (secondary N) is 1. The maximum Gasteiger partial charge on any atom is 0.274 e. The van der Waals surface area contributed by atoms with Crippen molar-refractivity contribution in [2.45, 2.75) is 25.7 Å². The molecule has 0 saturated carbocycles. The number of rotatable bonds is 7. The molecule has 1 aliphatic rings. The molecule has 1 aromatic carbocycles. The van der Waals surface area contributed by atoms with Crippen molar-refractivity contribution in [3.8, 4) is 11.5 Å². The molecular weight excluding hydrogens is 382 g/mol. The van der Waals surface area contributed by atoms with Crippen LogP contribution in [0.25, 0.3) is 0 Å². The summed E-state index contributed by atoms with van der Waals surface area (Å²) in [5, 5.41) is 7.55. The van der Waals surface area contributed by atoms with E-state index in [0.29, 0.717) is 25.4 Å². The van der Waals surface area contributed by atoms with Gasteiger partial charge in [0.15, 0.2) is 0 Å². The molecule has 0 unspecified atom stereocenters. The van der Waals surface area contributed by atoms with Gasteiger partial charge in [-0.25, -0.2) is 4.98 Å². The summed E-state index contributed by atoms with van der Waals surface area (Å²) in [4.78, 5) is 22.8. The molecule has 8 nitrogen and oxygen atoms in total. The first-order chi connectivity index (χ1) is 14.6. The molecule has 1 atom stereocenters. The highest BCUT2D eigenvalue weighted by atomic mass is 16.5. The van der Waals surface area contributed by atoms with Gasteiger partial charge < -0.3 is 14.4 Å². The fourth-order valence-corrected chi connectivity index (χ4v) is 3.52. The lowest BCUT2D eigenvalue weighted by atomic mass is 10.0. The largest absolute Gasteiger partial charge is 0.497 e. The zero-order chi connectivity index (χ0) is 20.9. The number of aromatic amines is 1. The molecule has 2 aromatic heterocycles. The second-order valence-electron chi connectivity index (χ2n) is 7.37. The summed E-state index contributed by atoms with van der Waals surface area (Å²) in [7, 11) is 1.64. The highest BCUT2D eigenvalue weighted by Gasteiger charge is 2.30. The average molecular weight is 407 g/mol. The van der Waals surface area contributed by atoms with Crippen LogP contribution in [-0.2, 0) is 6.42 Å². The van der Waals surface area contributed by atoms with Crippen LogP contribution in [0.4, 0.5) is 0 Å². The maximum atomic E-state index is 12.6. The summed E-state index contributed by atoms with van der Waals surface area (Å²) in [5.74, 6) is 1.76. The second kappa shape index (κ2) is 8.94. The van der Waals surface area contributed by atoms with Crippen molar-refractivity contribution < 1.29 is 14.3 Å². The van der Waals surface area contributed by atoms with Crippen LogP contribution in [0.1, 0.15) is 39.9 Å². The van der Waals surface area contributed by atoms with Gasteiger partial charge in [0.05, 0.1) is 31.3 Å². The van der Waals surface area contributed by atoms with E-state index in [-0.39, 0.29) is 11.8 Å². The number of ether oxygens (including phenoxy) is 2. The highest BCUT2D eigenvalue weighted by molar-refractivity contribution is 5.92. The van der Waals surface area contributed by atoms with Crippen LogP contribution in [0.2, 0.25) is 0 Å². The van der Waals surface area contributed by atoms with E-state index in [1.165, 1.54) is 0 Å². The summed E-state index contributed by atoms with van der Waals surface area (Å²) in [5.41, 5.74) is 3.19. The summed E-state index contributed by atoms with van der Waals surface area (Å²) in [6.07, 6.45) is 4.78. The minimum atomic E-state index is -0.0753. The molecule has 1 N–H and O–H groups in total. The van der Waals surface area contributed by atoms with Gasteiger partial charge in [-0.2, -0.15) is 5.10 Å². The first kappa shape index (κ1) is 19.9. The van der Waals surface area contributed by atoms with Gasteiger partial charge in [0.2, 0.25) is 0 Å². The number of methoxy groups -OCH3 is 1. The first-order valence-corrected chi connectivity index (χ1v) is 10.0. The summed E-state index contributed by atoms with van der Waals surface area (Å²) in [6, 6.07) is 9.60. The van der Waals surface area contributed by atoms with E-state index in [2.05, 4.69) is 26.2 Å². The average Bonchev–Trinajstić information content (AvgIpc) is 3.44. The molecule has 1 saturated heterocycles. The molecule has 0 aliphatic carbocycles. The van der Waals surface area contributed by atoms with Gasteiger partial charge in [-0.15, -0.1) is 0 Å². The molecule has 0 radical (unpaired) electrons. The van der Waals surface area contributed by atoms with Crippen LogP contribution in [0.3, 0.4) is 0 Å². The molecular formula is C22H25N5O3. The number of amides is 1. The predicted octanol–water partition coefficient (Wildman–Crippen LogP) is 2.77. The number of aromatic nitrogens is 4. The summed E-state index contributed by atoms with van der Waals surface area (Å²) in [6.45, 7) is 3.74. The van der Waals surface area contributed by atoms with E-state index in [1.54, 1.807) is 19.5 Å². The first-order valence-electron chi connectivity index (χ1n) is 10.0. The normalized spacial score (nSPS) is 15.9. The minimum absolute atomic E-state index is 0.0753. The lowest BCUT2D eigenvalue weighted by molar-refractivity contribution is 0.0784. The van der Waals surface area contributed by atoms with Crippen LogP contribution in [0, 0.1) is 6.92 Å². The molecule has 0 spiro atoms. The second-order valence-corrected chi connectivity index (χ2v) is 7.37. The van der Waals surface area contributed by atoms with Crippen molar-refractivity contribution in [3.63, 3.8) is 0 Å². The Morgan fingerprint density at radius 3 is 2.73 bits per heavy atom. The Labute approximate surface area is 175 Å². The molecule has 156 valence electrons. The third kappa shape index (κ3) is 4.59. The molecule has 8 heteroatoms. The van der Waals surface area contributed by atoms with Gasteiger partial charge in [-0.1, -0.05) is 0 Å². The smallest absolute Gasteiger partial charge is 0.274 e. The van der Waals surface area contributed by atoms with Crippen LogP contribution in [-0.4, -0.2) is 57.8 Å². The highest BCUT2D eigenvalue weighted by Crippen LogP contribution is 2.27. The summed E-state index contributed by atoms with van der Waals surface area (Å²) >= 11 is 0. The number of likely N-dealkylation sites (tertiary alicyclic amines) is 1. The van der Waals surface area contributed by atoms with Crippen LogP contribution >= 0.6 is 0 Å². The van der Waals surface area contributed by atoms with Crippen molar-refractivity contribution in [1.29, 1.82) is 0 Å². The zero-order valence-corrected chi connectivity index (χ0v) is 17.2. The van der Waals surface area contributed by atoms with Gasteiger partial charge in [0.1, 0.15) is 17.2 Å². The zero-order valence-electron chi connectivity index (χ0n) is 17.2. The SMILES string of the molecule is COc1ccc(OCCc2cc([C@H]3CCN(C(=O)c4cnc(C)cn4)C3)n[nH]2)cc1. The Bertz CT molecular complexity index is 985. The Kier molecular flexibility index (Phi) is 5.92. The molecule has 30 heavy (non-hydrogen) atoms. The molecule has 3 aromatic rings. The third-order valence-electron chi connectivity index (χ3n) is 5.24. The maximum absolute atomic E-state index is 12.6. The van der Waals surface area contributed by atoms with E-state index < -0.39 is 0 Å². The van der Waals surface area contributed by atoms with Gasteiger partial charge in [0, 0.05) is 37.3 Å². The van der Waals surface area contributed by atoms with E-state index in [1.807, 2.05) is 36.1 Å². The van der Waals surface area contributed by atoms with Crippen LogP contribution in [0.5, 0.6) is 11.5 Å². The molecule has 1 aliphatic heterocycles. The monoisotopic (exact) mass is 407 g/mol. The molecule has 1 amide bonds. The number of hydrogen-bond donors (Lipinski definition) is 1. The number of nitrogens with zero attached hydrogens (tertiary/aromatic N) is 4. The Hall–Kier alpha value is -3.42. The number of aryl methyl sites for hydroxylation is 1. The molecule has 0 bridgehead atoms.